The standard InChI is InChI=1S/C22H19N3/c1-16-15-23-22-17(2)20(13-14-25(16)22)24-21(18-9-5-3-6-10-18)19-11-7-4-8-12-19/h3-15H,1-2H3. The highest BCUT2D eigenvalue weighted by Gasteiger charge is 2.10. The summed E-state index contributed by atoms with van der Waals surface area (Å²) < 4.78 is 2.10. The summed E-state index contributed by atoms with van der Waals surface area (Å²) in [5.74, 6) is 0. The number of imidazole rings is 1. The number of pyridine rings is 1. The van der Waals surface area contributed by atoms with Crippen LogP contribution in [0.2, 0.25) is 0 Å². The molecule has 0 saturated carbocycles. The minimum Gasteiger partial charge on any atom is -0.304 e. The molecule has 25 heavy (non-hydrogen) atoms. The molecule has 0 spiro atoms. The van der Waals surface area contributed by atoms with Crippen LogP contribution in [0.3, 0.4) is 0 Å². The van der Waals surface area contributed by atoms with Crippen molar-refractivity contribution in [3.05, 3.63) is 102 Å². The Hall–Kier alpha value is -3.20. The van der Waals surface area contributed by atoms with Crippen LogP contribution in [-0.2, 0) is 0 Å². The smallest absolute Gasteiger partial charge is 0.141 e. The fraction of sp³-hybridized carbons (Fsp3) is 0.0909. The molecule has 4 aromatic rings. The van der Waals surface area contributed by atoms with E-state index in [2.05, 4.69) is 53.6 Å². The van der Waals surface area contributed by atoms with Crippen molar-refractivity contribution in [3.63, 3.8) is 0 Å². The van der Waals surface area contributed by atoms with Gasteiger partial charge in [0.1, 0.15) is 5.65 Å². The van der Waals surface area contributed by atoms with E-state index in [4.69, 9.17) is 4.99 Å². The van der Waals surface area contributed by atoms with E-state index >= 15 is 0 Å². The van der Waals surface area contributed by atoms with E-state index in [-0.39, 0.29) is 0 Å². The van der Waals surface area contributed by atoms with E-state index in [1.54, 1.807) is 0 Å². The second-order valence-corrected chi connectivity index (χ2v) is 6.11. The van der Waals surface area contributed by atoms with Crippen LogP contribution < -0.4 is 0 Å². The summed E-state index contributed by atoms with van der Waals surface area (Å²) in [5.41, 5.74) is 7.29. The third-order valence-corrected chi connectivity index (χ3v) is 4.41. The van der Waals surface area contributed by atoms with E-state index in [0.717, 1.165) is 39.4 Å². The van der Waals surface area contributed by atoms with Crippen molar-refractivity contribution in [1.29, 1.82) is 0 Å². The Labute approximate surface area is 147 Å². The number of hydrogen-bond acceptors (Lipinski definition) is 2. The first-order valence-corrected chi connectivity index (χ1v) is 8.37. The van der Waals surface area contributed by atoms with E-state index in [1.807, 2.05) is 48.8 Å². The van der Waals surface area contributed by atoms with Gasteiger partial charge in [0.2, 0.25) is 0 Å². The molecule has 4 rings (SSSR count). The number of nitrogens with zero attached hydrogens (tertiary/aromatic N) is 3. The molecule has 0 aliphatic carbocycles. The molecule has 0 atom stereocenters. The largest absolute Gasteiger partial charge is 0.304 e. The Bertz CT molecular complexity index is 1000. The van der Waals surface area contributed by atoms with Crippen LogP contribution in [0.1, 0.15) is 22.4 Å². The van der Waals surface area contributed by atoms with Gasteiger partial charge in [0.05, 0.1) is 11.4 Å². The third kappa shape index (κ3) is 2.85. The number of fused-ring (bicyclic) bond motifs is 1. The van der Waals surface area contributed by atoms with Gasteiger partial charge in [-0.15, -0.1) is 0 Å². The molecule has 0 aliphatic heterocycles. The highest BCUT2D eigenvalue weighted by Crippen LogP contribution is 2.25. The van der Waals surface area contributed by atoms with Gasteiger partial charge in [-0.1, -0.05) is 60.7 Å². The van der Waals surface area contributed by atoms with Gasteiger partial charge in [-0.3, -0.25) is 0 Å². The lowest BCUT2D eigenvalue weighted by Crippen LogP contribution is -2.03. The number of hydrogen-bond donors (Lipinski definition) is 0. The molecule has 0 fully saturated rings. The maximum Gasteiger partial charge on any atom is 0.141 e. The van der Waals surface area contributed by atoms with Gasteiger partial charge in [-0.05, 0) is 19.9 Å². The van der Waals surface area contributed by atoms with Gasteiger partial charge >= 0.3 is 0 Å². The molecule has 0 N–H and O–H groups in total. The first kappa shape index (κ1) is 15.3. The summed E-state index contributed by atoms with van der Waals surface area (Å²) >= 11 is 0. The maximum atomic E-state index is 5.02. The van der Waals surface area contributed by atoms with Crippen molar-refractivity contribution >= 4 is 17.0 Å². The van der Waals surface area contributed by atoms with Gasteiger partial charge in [0.15, 0.2) is 0 Å². The molecule has 0 unspecified atom stereocenters. The van der Waals surface area contributed by atoms with Gasteiger partial charge in [-0.25, -0.2) is 9.98 Å². The van der Waals surface area contributed by atoms with Crippen LogP contribution in [0.4, 0.5) is 5.69 Å². The quantitative estimate of drug-likeness (QED) is 0.481. The summed E-state index contributed by atoms with van der Waals surface area (Å²) in [4.78, 5) is 9.55. The predicted octanol–water partition coefficient (Wildman–Crippen LogP) is 5.12. The third-order valence-electron chi connectivity index (χ3n) is 4.41. The average Bonchev–Trinajstić information content (AvgIpc) is 3.04. The molecular weight excluding hydrogens is 306 g/mol. The average molecular weight is 325 g/mol. The first-order chi connectivity index (χ1) is 12.2. The Morgan fingerprint density at radius 2 is 1.44 bits per heavy atom. The highest BCUT2D eigenvalue weighted by molar-refractivity contribution is 6.14. The second kappa shape index (κ2) is 6.36. The van der Waals surface area contributed by atoms with Crippen molar-refractivity contribution in [3.8, 4) is 0 Å². The Kier molecular flexibility index (Phi) is 3.90. The van der Waals surface area contributed by atoms with Crippen LogP contribution in [0.15, 0.2) is 84.1 Å². The predicted molar refractivity (Wildman–Crippen MR) is 103 cm³/mol. The Morgan fingerprint density at radius 1 is 0.840 bits per heavy atom. The van der Waals surface area contributed by atoms with Gasteiger partial charge in [-0.2, -0.15) is 0 Å². The molecule has 0 radical (unpaired) electrons. The van der Waals surface area contributed by atoms with Gasteiger partial charge in [0.25, 0.3) is 0 Å². The zero-order chi connectivity index (χ0) is 17.2. The Balaban J connectivity index is 1.92. The molecule has 0 bridgehead atoms. The zero-order valence-electron chi connectivity index (χ0n) is 14.3. The molecular formula is C22H19N3. The van der Waals surface area contributed by atoms with E-state index < -0.39 is 0 Å². The van der Waals surface area contributed by atoms with E-state index in [0.29, 0.717) is 0 Å². The molecule has 2 aromatic heterocycles. The Morgan fingerprint density at radius 3 is 2.04 bits per heavy atom. The summed E-state index contributed by atoms with van der Waals surface area (Å²) in [6.45, 7) is 4.13. The number of aryl methyl sites for hydroxylation is 2. The number of benzene rings is 2. The molecule has 122 valence electrons. The first-order valence-electron chi connectivity index (χ1n) is 8.37. The second-order valence-electron chi connectivity index (χ2n) is 6.11. The summed E-state index contributed by atoms with van der Waals surface area (Å²) in [5, 5.41) is 0. The lowest BCUT2D eigenvalue weighted by atomic mass is 10.0. The lowest BCUT2D eigenvalue weighted by Gasteiger charge is -2.10. The van der Waals surface area contributed by atoms with Gasteiger partial charge in [0, 0.05) is 34.8 Å². The van der Waals surface area contributed by atoms with Crippen LogP contribution in [-0.4, -0.2) is 15.1 Å². The van der Waals surface area contributed by atoms with Crippen molar-refractivity contribution in [2.45, 2.75) is 13.8 Å². The van der Waals surface area contributed by atoms with Crippen LogP contribution in [0.5, 0.6) is 0 Å². The SMILES string of the molecule is Cc1c(N=C(c2ccccc2)c2ccccc2)ccn2c(C)cnc12. The molecule has 2 aromatic carbocycles. The number of aromatic nitrogens is 2. The minimum absolute atomic E-state index is 0.945. The molecule has 2 heterocycles. The molecule has 3 nitrogen and oxygen atoms in total. The highest BCUT2D eigenvalue weighted by atomic mass is 15.0. The number of rotatable bonds is 3. The van der Waals surface area contributed by atoms with E-state index in [1.165, 1.54) is 0 Å². The fourth-order valence-electron chi connectivity index (χ4n) is 3.03. The van der Waals surface area contributed by atoms with Crippen molar-refractivity contribution in [2.24, 2.45) is 4.99 Å². The van der Waals surface area contributed by atoms with Crippen LogP contribution >= 0.6 is 0 Å². The minimum atomic E-state index is 0.945. The lowest BCUT2D eigenvalue weighted by molar-refractivity contribution is 1.10. The van der Waals surface area contributed by atoms with Crippen LogP contribution in [0.25, 0.3) is 5.65 Å². The van der Waals surface area contributed by atoms with Crippen molar-refractivity contribution in [1.82, 2.24) is 9.38 Å². The molecule has 3 heteroatoms. The van der Waals surface area contributed by atoms with Crippen molar-refractivity contribution < 1.29 is 0 Å². The molecule has 0 aliphatic rings. The molecule has 0 saturated heterocycles. The summed E-state index contributed by atoms with van der Waals surface area (Å²) in [7, 11) is 0. The van der Waals surface area contributed by atoms with Crippen molar-refractivity contribution in [2.75, 3.05) is 0 Å². The normalized spacial score (nSPS) is 10.8. The summed E-state index contributed by atoms with van der Waals surface area (Å²) in [6, 6.07) is 22.7. The zero-order valence-corrected chi connectivity index (χ0v) is 14.3. The summed E-state index contributed by atoms with van der Waals surface area (Å²) in [6.07, 6.45) is 3.93. The van der Waals surface area contributed by atoms with E-state index in [9.17, 15) is 0 Å². The van der Waals surface area contributed by atoms with Gasteiger partial charge < -0.3 is 4.40 Å². The monoisotopic (exact) mass is 325 g/mol. The van der Waals surface area contributed by atoms with Crippen LogP contribution in [0, 0.1) is 13.8 Å². The molecule has 0 amide bonds. The topological polar surface area (TPSA) is 29.7 Å². The maximum absolute atomic E-state index is 5.02. The number of aliphatic imine (C=N–C) groups is 1. The fourth-order valence-corrected chi connectivity index (χ4v) is 3.03.